The van der Waals surface area contributed by atoms with Gasteiger partial charge in [0.15, 0.2) is 0 Å². The van der Waals surface area contributed by atoms with E-state index in [1.807, 2.05) is 24.3 Å². The fourth-order valence-corrected chi connectivity index (χ4v) is 2.01. The minimum Gasteiger partial charge on any atom is -0.478 e. The average molecular weight is 303 g/mol. The van der Waals surface area contributed by atoms with Gasteiger partial charge in [-0.2, -0.15) is 0 Å². The second-order valence-electron chi connectivity index (χ2n) is 3.75. The largest absolute Gasteiger partial charge is 0.478 e. The molecule has 0 spiro atoms. The fourth-order valence-electron chi connectivity index (χ4n) is 1.81. The molecule has 0 aliphatic carbocycles. The Balaban J connectivity index is 2.61. The number of carbonyl (C=O) groups is 1. The molecule has 0 heterocycles. The van der Waals surface area contributed by atoms with Crippen LogP contribution in [-0.2, 0) is 0 Å². The summed E-state index contributed by atoms with van der Waals surface area (Å²) < 4.78 is 0. The SMILES string of the molecule is O=C(O)c1cccc2c(C#CCCBr)cccc12. The van der Waals surface area contributed by atoms with Crippen molar-refractivity contribution in [2.45, 2.75) is 6.42 Å². The number of hydrogen-bond donors (Lipinski definition) is 1. The van der Waals surface area contributed by atoms with Gasteiger partial charge >= 0.3 is 5.97 Å². The lowest BCUT2D eigenvalue weighted by Gasteiger charge is -2.04. The van der Waals surface area contributed by atoms with Gasteiger partial charge < -0.3 is 5.11 Å². The highest BCUT2D eigenvalue weighted by molar-refractivity contribution is 9.09. The van der Waals surface area contributed by atoms with E-state index in [1.54, 1.807) is 12.1 Å². The third-order valence-corrected chi connectivity index (χ3v) is 2.99. The Morgan fingerprint density at radius 1 is 1.17 bits per heavy atom. The van der Waals surface area contributed by atoms with Gasteiger partial charge in [-0.15, -0.1) is 0 Å². The monoisotopic (exact) mass is 302 g/mol. The van der Waals surface area contributed by atoms with Crippen molar-refractivity contribution in [3.05, 3.63) is 47.5 Å². The van der Waals surface area contributed by atoms with Gasteiger partial charge in [0.1, 0.15) is 0 Å². The van der Waals surface area contributed by atoms with E-state index in [4.69, 9.17) is 5.11 Å². The Labute approximate surface area is 114 Å². The Kier molecular flexibility index (Phi) is 4.01. The van der Waals surface area contributed by atoms with Gasteiger partial charge in [-0.1, -0.05) is 52.0 Å². The number of carboxylic acid groups (broad SMARTS) is 1. The maximum atomic E-state index is 11.1. The van der Waals surface area contributed by atoms with Crippen LogP contribution in [0.2, 0.25) is 0 Å². The topological polar surface area (TPSA) is 37.3 Å². The van der Waals surface area contributed by atoms with E-state index >= 15 is 0 Å². The maximum Gasteiger partial charge on any atom is 0.336 e. The summed E-state index contributed by atoms with van der Waals surface area (Å²) in [5.41, 5.74) is 1.19. The van der Waals surface area contributed by atoms with E-state index in [9.17, 15) is 4.79 Å². The molecule has 3 heteroatoms. The third kappa shape index (κ3) is 2.55. The number of benzene rings is 2. The van der Waals surface area contributed by atoms with Crippen LogP contribution in [0.25, 0.3) is 10.8 Å². The first-order valence-electron chi connectivity index (χ1n) is 5.54. The minimum absolute atomic E-state index is 0.316. The second kappa shape index (κ2) is 5.70. The molecule has 0 bridgehead atoms. The summed E-state index contributed by atoms with van der Waals surface area (Å²) in [7, 11) is 0. The summed E-state index contributed by atoms with van der Waals surface area (Å²) in [4.78, 5) is 11.1. The number of aromatic carboxylic acids is 1. The molecule has 1 N–H and O–H groups in total. The third-order valence-electron chi connectivity index (χ3n) is 2.60. The lowest BCUT2D eigenvalue weighted by molar-refractivity contribution is 0.0699. The average Bonchev–Trinajstić information content (AvgIpc) is 2.38. The molecule has 2 aromatic rings. The molecular formula is C15H11BrO2. The molecule has 0 unspecified atom stereocenters. The van der Waals surface area contributed by atoms with Crippen molar-refractivity contribution >= 4 is 32.7 Å². The quantitative estimate of drug-likeness (QED) is 0.679. The van der Waals surface area contributed by atoms with Crippen LogP contribution >= 0.6 is 15.9 Å². The van der Waals surface area contributed by atoms with Crippen LogP contribution in [0, 0.1) is 11.8 Å². The molecule has 2 nitrogen and oxygen atoms in total. The van der Waals surface area contributed by atoms with Gasteiger partial charge in [0.2, 0.25) is 0 Å². The number of carboxylic acids is 1. The van der Waals surface area contributed by atoms with Crippen LogP contribution in [0.1, 0.15) is 22.3 Å². The zero-order valence-electron chi connectivity index (χ0n) is 9.61. The molecule has 0 aliphatic rings. The molecule has 0 saturated heterocycles. The van der Waals surface area contributed by atoms with Gasteiger partial charge in [-0.05, 0) is 22.9 Å². The number of fused-ring (bicyclic) bond motifs is 1. The van der Waals surface area contributed by atoms with Crippen LogP contribution in [0.5, 0.6) is 0 Å². The van der Waals surface area contributed by atoms with Crippen molar-refractivity contribution in [3.8, 4) is 11.8 Å². The zero-order chi connectivity index (χ0) is 13.0. The van der Waals surface area contributed by atoms with Crippen molar-refractivity contribution in [2.24, 2.45) is 0 Å². The molecule has 0 atom stereocenters. The van der Waals surface area contributed by atoms with E-state index in [0.29, 0.717) is 5.56 Å². The first-order valence-corrected chi connectivity index (χ1v) is 6.66. The normalized spacial score (nSPS) is 9.83. The van der Waals surface area contributed by atoms with Crippen molar-refractivity contribution in [1.29, 1.82) is 0 Å². The standard InChI is InChI=1S/C15H11BrO2/c16-10-2-1-5-11-6-3-8-13-12(11)7-4-9-14(13)15(17)18/h3-4,6-9H,2,10H2,(H,17,18). The highest BCUT2D eigenvalue weighted by atomic mass is 79.9. The van der Waals surface area contributed by atoms with E-state index in [-0.39, 0.29) is 0 Å². The van der Waals surface area contributed by atoms with Gasteiger partial charge in [0, 0.05) is 17.3 Å². The summed E-state index contributed by atoms with van der Waals surface area (Å²) in [5.74, 6) is 5.22. The molecule has 18 heavy (non-hydrogen) atoms. The van der Waals surface area contributed by atoms with Crippen molar-refractivity contribution in [2.75, 3.05) is 5.33 Å². The van der Waals surface area contributed by atoms with Crippen molar-refractivity contribution in [1.82, 2.24) is 0 Å². The smallest absolute Gasteiger partial charge is 0.336 e. The number of hydrogen-bond acceptors (Lipinski definition) is 1. The van der Waals surface area contributed by atoms with E-state index < -0.39 is 5.97 Å². The molecule has 0 aliphatic heterocycles. The summed E-state index contributed by atoms with van der Waals surface area (Å²) >= 11 is 3.32. The van der Waals surface area contributed by atoms with Crippen LogP contribution in [0.15, 0.2) is 36.4 Å². The predicted octanol–water partition coefficient (Wildman–Crippen LogP) is 3.67. The maximum absolute atomic E-state index is 11.1. The molecule has 2 rings (SSSR count). The fraction of sp³-hybridized carbons (Fsp3) is 0.133. The summed E-state index contributed by atoms with van der Waals surface area (Å²) in [6.07, 6.45) is 0.773. The Morgan fingerprint density at radius 3 is 2.61 bits per heavy atom. The van der Waals surface area contributed by atoms with Gasteiger partial charge in [-0.25, -0.2) is 4.79 Å². The molecule has 0 saturated carbocycles. The summed E-state index contributed by atoms with van der Waals surface area (Å²) in [6.45, 7) is 0. The Hall–Kier alpha value is -1.79. The first kappa shape index (κ1) is 12.7. The summed E-state index contributed by atoms with van der Waals surface area (Å²) in [5, 5.41) is 11.6. The summed E-state index contributed by atoms with van der Waals surface area (Å²) in [6, 6.07) is 10.8. The van der Waals surface area contributed by atoms with Crippen LogP contribution < -0.4 is 0 Å². The molecule has 0 radical (unpaired) electrons. The molecule has 0 amide bonds. The second-order valence-corrected chi connectivity index (χ2v) is 4.55. The molecular weight excluding hydrogens is 292 g/mol. The number of alkyl halides is 1. The van der Waals surface area contributed by atoms with Crippen molar-refractivity contribution < 1.29 is 9.90 Å². The number of rotatable bonds is 2. The van der Waals surface area contributed by atoms with Gasteiger partial charge in [-0.3, -0.25) is 0 Å². The van der Waals surface area contributed by atoms with E-state index in [0.717, 1.165) is 28.1 Å². The molecule has 0 fully saturated rings. The van der Waals surface area contributed by atoms with Crippen molar-refractivity contribution in [3.63, 3.8) is 0 Å². The highest BCUT2D eigenvalue weighted by Gasteiger charge is 2.08. The van der Waals surface area contributed by atoms with Gasteiger partial charge in [0.25, 0.3) is 0 Å². The zero-order valence-corrected chi connectivity index (χ0v) is 11.2. The lowest BCUT2D eigenvalue weighted by atomic mass is 10.0. The first-order chi connectivity index (χ1) is 8.74. The Bertz CT molecular complexity index is 650. The van der Waals surface area contributed by atoms with E-state index in [2.05, 4.69) is 27.8 Å². The molecule has 90 valence electrons. The Morgan fingerprint density at radius 2 is 1.89 bits per heavy atom. The highest BCUT2D eigenvalue weighted by Crippen LogP contribution is 2.22. The van der Waals surface area contributed by atoms with Crippen LogP contribution in [0.3, 0.4) is 0 Å². The van der Waals surface area contributed by atoms with Crippen LogP contribution in [-0.4, -0.2) is 16.4 Å². The molecule has 0 aromatic heterocycles. The van der Waals surface area contributed by atoms with Crippen LogP contribution in [0.4, 0.5) is 0 Å². The van der Waals surface area contributed by atoms with E-state index in [1.165, 1.54) is 0 Å². The minimum atomic E-state index is -0.911. The predicted molar refractivity (Wildman–Crippen MR) is 76.2 cm³/mol. The number of halogens is 1. The lowest BCUT2D eigenvalue weighted by Crippen LogP contribution is -1.97. The van der Waals surface area contributed by atoms with Gasteiger partial charge in [0.05, 0.1) is 5.56 Å². The molecule has 2 aromatic carbocycles.